The topological polar surface area (TPSA) is 71.0 Å². The maximum absolute atomic E-state index is 13.5. The Kier molecular flexibility index (Phi) is 4.99. The van der Waals surface area contributed by atoms with E-state index < -0.39 is 17.1 Å². The summed E-state index contributed by atoms with van der Waals surface area (Å²) in [5.41, 5.74) is 1.12. The van der Waals surface area contributed by atoms with Gasteiger partial charge in [-0.1, -0.05) is 30.3 Å². The fraction of sp³-hybridized carbons (Fsp3) is 0.261. The lowest BCUT2D eigenvalue weighted by atomic mass is 10.2. The summed E-state index contributed by atoms with van der Waals surface area (Å²) in [6.07, 6.45) is 3.08. The molecule has 1 atom stereocenters. The van der Waals surface area contributed by atoms with Crippen molar-refractivity contribution in [2.24, 2.45) is 0 Å². The highest BCUT2D eigenvalue weighted by molar-refractivity contribution is 5.72. The molecule has 0 amide bonds. The first kappa shape index (κ1) is 19.4. The molecule has 0 aliphatic carbocycles. The molecule has 8 heteroatoms. The lowest BCUT2D eigenvalue weighted by Crippen LogP contribution is -2.42. The zero-order valence-electron chi connectivity index (χ0n) is 16.8. The van der Waals surface area contributed by atoms with E-state index >= 15 is 0 Å². The van der Waals surface area contributed by atoms with Gasteiger partial charge < -0.3 is 9.30 Å². The van der Waals surface area contributed by atoms with E-state index in [1.165, 1.54) is 33.4 Å². The van der Waals surface area contributed by atoms with Crippen molar-refractivity contribution in [2.45, 2.75) is 32.0 Å². The monoisotopic (exact) mass is 420 g/mol. The standard InChI is InChI=1S/C23H21FN4O3/c24-17-8-10-18(11-9-17)28-21-20(26(15-25-21)13-16-5-2-1-3-6-16)22(29)27(23(28)30)14-19-7-4-12-31-19/h1-3,5-6,8-11,15,19H,4,7,12-14H2. The number of hydrogen-bond donors (Lipinski definition) is 0. The van der Waals surface area contributed by atoms with Crippen molar-refractivity contribution in [3.63, 3.8) is 0 Å². The number of benzene rings is 2. The van der Waals surface area contributed by atoms with Gasteiger partial charge in [-0.05, 0) is 42.7 Å². The molecule has 1 unspecified atom stereocenters. The van der Waals surface area contributed by atoms with Crippen LogP contribution in [0.5, 0.6) is 0 Å². The van der Waals surface area contributed by atoms with Gasteiger partial charge in [-0.25, -0.2) is 18.7 Å². The van der Waals surface area contributed by atoms with Crippen LogP contribution in [0.3, 0.4) is 0 Å². The number of aromatic nitrogens is 4. The first-order valence-corrected chi connectivity index (χ1v) is 10.2. The highest BCUT2D eigenvalue weighted by Gasteiger charge is 2.23. The van der Waals surface area contributed by atoms with Crippen LogP contribution in [0, 0.1) is 5.82 Å². The van der Waals surface area contributed by atoms with Crippen LogP contribution in [0.4, 0.5) is 4.39 Å². The van der Waals surface area contributed by atoms with E-state index in [0.717, 1.165) is 18.4 Å². The summed E-state index contributed by atoms with van der Waals surface area (Å²) in [6.45, 7) is 1.24. The Bertz CT molecular complexity index is 1330. The second-order valence-corrected chi connectivity index (χ2v) is 7.68. The summed E-state index contributed by atoms with van der Waals surface area (Å²) < 4.78 is 23.5. The summed E-state index contributed by atoms with van der Waals surface area (Å²) in [5, 5.41) is 0. The second-order valence-electron chi connectivity index (χ2n) is 7.68. The molecule has 2 aromatic heterocycles. The SMILES string of the molecule is O=c1c2c(ncn2Cc2ccccc2)n(-c2ccc(F)cc2)c(=O)n1CC1CCCO1. The Balaban J connectivity index is 1.73. The van der Waals surface area contributed by atoms with E-state index in [1.807, 2.05) is 30.3 Å². The fourth-order valence-corrected chi connectivity index (χ4v) is 4.06. The van der Waals surface area contributed by atoms with Crippen LogP contribution in [0.25, 0.3) is 16.9 Å². The summed E-state index contributed by atoms with van der Waals surface area (Å²) >= 11 is 0. The lowest BCUT2D eigenvalue weighted by molar-refractivity contribution is 0.0950. The average Bonchev–Trinajstić information content (AvgIpc) is 3.44. The molecule has 4 aromatic rings. The third-order valence-corrected chi connectivity index (χ3v) is 5.59. The molecule has 158 valence electrons. The van der Waals surface area contributed by atoms with Crippen LogP contribution < -0.4 is 11.2 Å². The first-order valence-electron chi connectivity index (χ1n) is 10.2. The summed E-state index contributed by atoms with van der Waals surface area (Å²) in [4.78, 5) is 31.2. The molecule has 0 N–H and O–H groups in total. The zero-order valence-corrected chi connectivity index (χ0v) is 16.8. The van der Waals surface area contributed by atoms with E-state index in [9.17, 15) is 14.0 Å². The van der Waals surface area contributed by atoms with Gasteiger partial charge in [0.15, 0.2) is 11.2 Å². The highest BCUT2D eigenvalue weighted by atomic mass is 19.1. The van der Waals surface area contributed by atoms with Crippen LogP contribution in [-0.4, -0.2) is 31.4 Å². The molecule has 0 saturated carbocycles. The lowest BCUT2D eigenvalue weighted by Gasteiger charge is -2.15. The number of rotatable bonds is 5. The third-order valence-electron chi connectivity index (χ3n) is 5.59. The summed E-state index contributed by atoms with van der Waals surface area (Å²) in [7, 11) is 0. The minimum Gasteiger partial charge on any atom is -0.376 e. The molecule has 1 aliphatic heterocycles. The summed E-state index contributed by atoms with van der Waals surface area (Å²) in [6, 6.07) is 15.3. The van der Waals surface area contributed by atoms with E-state index in [1.54, 1.807) is 10.9 Å². The van der Waals surface area contributed by atoms with Crippen molar-refractivity contribution in [1.82, 2.24) is 18.7 Å². The quantitative estimate of drug-likeness (QED) is 0.498. The van der Waals surface area contributed by atoms with Crippen molar-refractivity contribution < 1.29 is 9.13 Å². The van der Waals surface area contributed by atoms with E-state index in [4.69, 9.17) is 4.74 Å². The molecule has 0 spiro atoms. The average molecular weight is 420 g/mol. The van der Waals surface area contributed by atoms with Crippen LogP contribution >= 0.6 is 0 Å². The predicted octanol–water partition coefficient (Wildman–Crippen LogP) is 2.72. The molecule has 31 heavy (non-hydrogen) atoms. The molecule has 2 aromatic carbocycles. The largest absolute Gasteiger partial charge is 0.376 e. The third kappa shape index (κ3) is 3.59. The molecule has 7 nitrogen and oxygen atoms in total. The minimum absolute atomic E-state index is 0.172. The van der Waals surface area contributed by atoms with Gasteiger partial charge in [0.2, 0.25) is 0 Å². The Morgan fingerprint density at radius 3 is 2.55 bits per heavy atom. The maximum atomic E-state index is 13.5. The van der Waals surface area contributed by atoms with Gasteiger partial charge in [0.1, 0.15) is 5.82 Å². The molecular formula is C23H21FN4O3. The van der Waals surface area contributed by atoms with Gasteiger partial charge in [-0.15, -0.1) is 0 Å². The Labute approximate surface area is 177 Å². The van der Waals surface area contributed by atoms with Crippen molar-refractivity contribution >= 4 is 11.2 Å². The van der Waals surface area contributed by atoms with Crippen molar-refractivity contribution in [3.8, 4) is 5.69 Å². The number of nitrogens with zero attached hydrogens (tertiary/aromatic N) is 4. The van der Waals surface area contributed by atoms with Crippen molar-refractivity contribution in [3.05, 3.63) is 93.1 Å². The molecule has 1 saturated heterocycles. The Morgan fingerprint density at radius 2 is 1.84 bits per heavy atom. The van der Waals surface area contributed by atoms with E-state index in [-0.39, 0.29) is 18.3 Å². The molecule has 0 bridgehead atoms. The van der Waals surface area contributed by atoms with Gasteiger partial charge in [-0.2, -0.15) is 0 Å². The molecular weight excluding hydrogens is 399 g/mol. The maximum Gasteiger partial charge on any atom is 0.337 e. The second kappa shape index (κ2) is 7.96. The predicted molar refractivity (Wildman–Crippen MR) is 114 cm³/mol. The molecule has 1 fully saturated rings. The van der Waals surface area contributed by atoms with Gasteiger partial charge in [0.25, 0.3) is 5.56 Å². The number of imidazole rings is 1. The fourth-order valence-electron chi connectivity index (χ4n) is 4.06. The van der Waals surface area contributed by atoms with E-state index in [2.05, 4.69) is 4.98 Å². The molecule has 5 rings (SSSR count). The number of ether oxygens (including phenoxy) is 1. The normalized spacial score (nSPS) is 16.2. The number of halogens is 1. The van der Waals surface area contributed by atoms with Crippen LogP contribution in [0.2, 0.25) is 0 Å². The smallest absolute Gasteiger partial charge is 0.337 e. The van der Waals surface area contributed by atoms with Gasteiger partial charge >= 0.3 is 5.69 Å². The number of fused-ring (bicyclic) bond motifs is 1. The number of hydrogen-bond acceptors (Lipinski definition) is 4. The first-order chi connectivity index (χ1) is 15.1. The molecule has 0 radical (unpaired) electrons. The van der Waals surface area contributed by atoms with Gasteiger partial charge in [-0.3, -0.25) is 9.36 Å². The van der Waals surface area contributed by atoms with Gasteiger partial charge in [0.05, 0.1) is 24.7 Å². The molecule has 1 aliphatic rings. The summed E-state index contributed by atoms with van der Waals surface area (Å²) in [5.74, 6) is -0.407. The van der Waals surface area contributed by atoms with Crippen molar-refractivity contribution in [2.75, 3.05) is 6.61 Å². The van der Waals surface area contributed by atoms with Crippen LogP contribution in [-0.2, 0) is 17.8 Å². The van der Waals surface area contributed by atoms with Gasteiger partial charge in [0, 0.05) is 13.2 Å². The Hall–Kier alpha value is -3.52. The Morgan fingerprint density at radius 1 is 1.06 bits per heavy atom. The van der Waals surface area contributed by atoms with Crippen molar-refractivity contribution in [1.29, 1.82) is 0 Å². The van der Waals surface area contributed by atoms with Crippen LogP contribution in [0.1, 0.15) is 18.4 Å². The van der Waals surface area contributed by atoms with E-state index in [0.29, 0.717) is 24.4 Å². The molecule has 3 heterocycles. The highest BCUT2D eigenvalue weighted by Crippen LogP contribution is 2.17. The zero-order chi connectivity index (χ0) is 21.4. The van der Waals surface area contributed by atoms with Crippen LogP contribution in [0.15, 0.2) is 70.5 Å². The minimum atomic E-state index is -0.510.